The summed E-state index contributed by atoms with van der Waals surface area (Å²) in [6.45, 7) is 4.24. The molecule has 100 valence electrons. The van der Waals surface area contributed by atoms with Crippen molar-refractivity contribution in [1.82, 2.24) is 15.1 Å². The summed E-state index contributed by atoms with van der Waals surface area (Å²) in [5.74, 6) is 0.487. The van der Waals surface area contributed by atoms with Gasteiger partial charge in [0, 0.05) is 24.7 Å². The first kappa shape index (κ1) is 13.1. The first-order chi connectivity index (χ1) is 9.00. The lowest BCUT2D eigenvalue weighted by molar-refractivity contribution is 0.0950. The number of carbonyl (C=O) groups excluding carboxylic acids is 1. The molecule has 19 heavy (non-hydrogen) atoms. The monoisotopic (exact) mass is 258 g/mol. The van der Waals surface area contributed by atoms with Gasteiger partial charge in [-0.25, -0.2) is 0 Å². The van der Waals surface area contributed by atoms with Crippen LogP contribution in [0, 0.1) is 13.8 Å². The van der Waals surface area contributed by atoms with Crippen LogP contribution in [0.5, 0.6) is 0 Å². The SMILES string of the molecule is Cc1cccc(C)c1C(=O)NCc1cnn(C)c1N. The Hall–Kier alpha value is -2.30. The maximum atomic E-state index is 12.2. The second-order valence-electron chi connectivity index (χ2n) is 4.63. The van der Waals surface area contributed by atoms with Crippen molar-refractivity contribution >= 4 is 11.7 Å². The number of hydrogen-bond acceptors (Lipinski definition) is 3. The molecule has 2 rings (SSSR count). The Morgan fingerprint density at radius 1 is 1.37 bits per heavy atom. The third-order valence-electron chi connectivity index (χ3n) is 3.21. The molecule has 0 aliphatic carbocycles. The predicted octanol–water partition coefficient (Wildman–Crippen LogP) is 1.55. The Kier molecular flexibility index (Phi) is 3.55. The topological polar surface area (TPSA) is 72.9 Å². The lowest BCUT2D eigenvalue weighted by Crippen LogP contribution is -2.24. The molecule has 0 saturated carbocycles. The summed E-state index contributed by atoms with van der Waals surface area (Å²) >= 11 is 0. The Labute approximate surface area is 112 Å². The number of carbonyl (C=O) groups is 1. The van der Waals surface area contributed by atoms with Gasteiger partial charge in [-0.2, -0.15) is 5.10 Å². The van der Waals surface area contributed by atoms with E-state index < -0.39 is 0 Å². The number of rotatable bonds is 3. The van der Waals surface area contributed by atoms with Gasteiger partial charge in [-0.15, -0.1) is 0 Å². The van der Waals surface area contributed by atoms with Crippen molar-refractivity contribution in [2.45, 2.75) is 20.4 Å². The van der Waals surface area contributed by atoms with E-state index in [0.29, 0.717) is 12.4 Å². The average molecular weight is 258 g/mol. The van der Waals surface area contributed by atoms with E-state index >= 15 is 0 Å². The van der Waals surface area contributed by atoms with Crippen LogP contribution in [-0.4, -0.2) is 15.7 Å². The standard InChI is InChI=1S/C14H18N4O/c1-9-5-4-6-10(2)12(9)14(19)16-7-11-8-17-18(3)13(11)15/h4-6,8H,7,15H2,1-3H3,(H,16,19). The zero-order valence-corrected chi connectivity index (χ0v) is 11.4. The van der Waals surface area contributed by atoms with Crippen molar-refractivity contribution in [2.24, 2.45) is 7.05 Å². The van der Waals surface area contributed by atoms with Crippen molar-refractivity contribution in [3.05, 3.63) is 46.6 Å². The van der Waals surface area contributed by atoms with E-state index in [4.69, 9.17) is 5.73 Å². The zero-order chi connectivity index (χ0) is 14.0. The fraction of sp³-hybridized carbons (Fsp3) is 0.286. The number of aromatic nitrogens is 2. The number of nitrogen functional groups attached to an aromatic ring is 1. The van der Waals surface area contributed by atoms with Crippen LogP contribution in [0.1, 0.15) is 27.0 Å². The molecule has 0 aliphatic rings. The molecular formula is C14H18N4O. The van der Waals surface area contributed by atoms with Gasteiger partial charge in [0.05, 0.1) is 6.20 Å². The molecular weight excluding hydrogens is 240 g/mol. The smallest absolute Gasteiger partial charge is 0.252 e. The highest BCUT2D eigenvalue weighted by molar-refractivity contribution is 5.97. The number of anilines is 1. The number of nitrogens with one attached hydrogen (secondary N) is 1. The van der Waals surface area contributed by atoms with Crippen molar-refractivity contribution in [3.63, 3.8) is 0 Å². The number of amides is 1. The second kappa shape index (κ2) is 5.14. The minimum Gasteiger partial charge on any atom is -0.384 e. The van der Waals surface area contributed by atoms with Crippen LogP contribution < -0.4 is 11.1 Å². The summed E-state index contributed by atoms with van der Waals surface area (Å²) in [6, 6.07) is 5.81. The highest BCUT2D eigenvalue weighted by atomic mass is 16.1. The molecule has 0 spiro atoms. The average Bonchev–Trinajstić information content (AvgIpc) is 2.67. The normalized spacial score (nSPS) is 10.5. The Balaban J connectivity index is 2.12. The molecule has 3 N–H and O–H groups in total. The number of nitrogens with zero attached hydrogens (tertiary/aromatic N) is 2. The Bertz CT molecular complexity index is 596. The van der Waals surface area contributed by atoms with Crippen molar-refractivity contribution in [3.8, 4) is 0 Å². The molecule has 1 aromatic carbocycles. The lowest BCUT2D eigenvalue weighted by atomic mass is 10.0. The van der Waals surface area contributed by atoms with Gasteiger partial charge < -0.3 is 11.1 Å². The summed E-state index contributed by atoms with van der Waals surface area (Å²) in [4.78, 5) is 12.2. The molecule has 0 radical (unpaired) electrons. The molecule has 0 atom stereocenters. The zero-order valence-electron chi connectivity index (χ0n) is 11.4. The van der Waals surface area contributed by atoms with Gasteiger partial charge in [0.2, 0.25) is 0 Å². The fourth-order valence-electron chi connectivity index (χ4n) is 2.07. The van der Waals surface area contributed by atoms with Crippen LogP contribution in [0.25, 0.3) is 0 Å². The molecule has 0 unspecified atom stereocenters. The maximum absolute atomic E-state index is 12.2. The van der Waals surface area contributed by atoms with E-state index in [2.05, 4.69) is 10.4 Å². The number of nitrogens with two attached hydrogens (primary N) is 1. The Morgan fingerprint density at radius 3 is 2.53 bits per heavy atom. The van der Waals surface area contributed by atoms with Gasteiger partial charge in [-0.3, -0.25) is 9.48 Å². The van der Waals surface area contributed by atoms with Crippen molar-refractivity contribution in [2.75, 3.05) is 5.73 Å². The molecule has 2 aromatic rings. The van der Waals surface area contributed by atoms with E-state index in [-0.39, 0.29) is 5.91 Å². The lowest BCUT2D eigenvalue weighted by Gasteiger charge is -2.10. The van der Waals surface area contributed by atoms with Gasteiger partial charge in [-0.1, -0.05) is 18.2 Å². The summed E-state index contributed by atoms with van der Waals surface area (Å²) in [5.41, 5.74) is 9.32. The molecule has 1 heterocycles. The second-order valence-corrected chi connectivity index (χ2v) is 4.63. The van der Waals surface area contributed by atoms with Gasteiger partial charge in [-0.05, 0) is 25.0 Å². The third-order valence-corrected chi connectivity index (χ3v) is 3.21. The summed E-state index contributed by atoms with van der Waals surface area (Å²) in [7, 11) is 1.77. The van der Waals surface area contributed by atoms with Crippen LogP contribution in [-0.2, 0) is 13.6 Å². The van der Waals surface area contributed by atoms with Gasteiger partial charge >= 0.3 is 0 Å². The largest absolute Gasteiger partial charge is 0.384 e. The van der Waals surface area contributed by atoms with Gasteiger partial charge in [0.25, 0.3) is 5.91 Å². The number of benzene rings is 1. The van der Waals surface area contributed by atoms with Crippen molar-refractivity contribution in [1.29, 1.82) is 0 Å². The van der Waals surface area contributed by atoms with E-state index in [0.717, 1.165) is 22.3 Å². The number of hydrogen-bond donors (Lipinski definition) is 2. The molecule has 0 bridgehead atoms. The highest BCUT2D eigenvalue weighted by Gasteiger charge is 2.12. The molecule has 1 amide bonds. The van der Waals surface area contributed by atoms with Gasteiger partial charge in [0.15, 0.2) is 0 Å². The van der Waals surface area contributed by atoms with Gasteiger partial charge in [0.1, 0.15) is 5.82 Å². The highest BCUT2D eigenvalue weighted by Crippen LogP contribution is 2.14. The molecule has 0 saturated heterocycles. The summed E-state index contributed by atoms with van der Waals surface area (Å²) < 4.78 is 1.58. The molecule has 0 aliphatic heterocycles. The van der Waals surface area contributed by atoms with E-state index in [1.165, 1.54) is 0 Å². The quantitative estimate of drug-likeness (QED) is 0.877. The fourth-order valence-corrected chi connectivity index (χ4v) is 2.07. The van der Waals surface area contributed by atoms with E-state index in [1.54, 1.807) is 17.9 Å². The molecule has 0 fully saturated rings. The van der Waals surface area contributed by atoms with Crippen LogP contribution in [0.2, 0.25) is 0 Å². The van der Waals surface area contributed by atoms with Crippen LogP contribution >= 0.6 is 0 Å². The molecule has 5 nitrogen and oxygen atoms in total. The number of aryl methyl sites for hydroxylation is 3. The first-order valence-corrected chi connectivity index (χ1v) is 6.11. The predicted molar refractivity (Wildman–Crippen MR) is 74.7 cm³/mol. The summed E-state index contributed by atoms with van der Waals surface area (Å²) in [6.07, 6.45) is 1.67. The minimum atomic E-state index is -0.0844. The van der Waals surface area contributed by atoms with Crippen LogP contribution in [0.15, 0.2) is 24.4 Å². The van der Waals surface area contributed by atoms with Crippen LogP contribution in [0.3, 0.4) is 0 Å². The van der Waals surface area contributed by atoms with Crippen molar-refractivity contribution < 1.29 is 4.79 Å². The van der Waals surface area contributed by atoms with E-state index in [9.17, 15) is 4.79 Å². The van der Waals surface area contributed by atoms with E-state index in [1.807, 2.05) is 32.0 Å². The molecule has 1 aromatic heterocycles. The maximum Gasteiger partial charge on any atom is 0.252 e. The van der Waals surface area contributed by atoms with Crippen LogP contribution in [0.4, 0.5) is 5.82 Å². The summed E-state index contributed by atoms with van der Waals surface area (Å²) in [5, 5.41) is 6.92. The first-order valence-electron chi connectivity index (χ1n) is 6.11. The third kappa shape index (κ3) is 2.59. The minimum absolute atomic E-state index is 0.0844. The Morgan fingerprint density at radius 2 is 2.00 bits per heavy atom. The molecule has 5 heteroatoms.